The van der Waals surface area contributed by atoms with Gasteiger partial charge in [-0.15, -0.1) is 0 Å². The summed E-state index contributed by atoms with van der Waals surface area (Å²) in [6, 6.07) is 16.1. The molecule has 0 radical (unpaired) electrons. The molecular weight excluding hydrogens is 389 g/mol. The molecular formula is C28H34BN3. The van der Waals surface area contributed by atoms with Crippen molar-refractivity contribution < 1.29 is 0 Å². The van der Waals surface area contributed by atoms with Gasteiger partial charge in [-0.25, -0.2) is 4.98 Å². The summed E-state index contributed by atoms with van der Waals surface area (Å²) in [5.41, 5.74) is 7.35. The van der Waals surface area contributed by atoms with Crippen molar-refractivity contribution in [3.8, 4) is 11.4 Å². The van der Waals surface area contributed by atoms with E-state index in [-0.39, 0.29) is 6.98 Å². The van der Waals surface area contributed by atoms with Gasteiger partial charge in [0.2, 0.25) is 0 Å². The summed E-state index contributed by atoms with van der Waals surface area (Å²) in [5.74, 6) is 2.50. The summed E-state index contributed by atoms with van der Waals surface area (Å²) >= 11 is 0. The van der Waals surface area contributed by atoms with Gasteiger partial charge in [-0.05, 0) is 73.3 Å². The molecule has 2 aliphatic carbocycles. The van der Waals surface area contributed by atoms with E-state index in [0.29, 0.717) is 11.8 Å². The zero-order chi connectivity index (χ0) is 21.5. The van der Waals surface area contributed by atoms with E-state index >= 15 is 0 Å². The normalized spacial score (nSPS) is 19.7. The quantitative estimate of drug-likeness (QED) is 0.459. The molecule has 0 amide bonds. The topological polar surface area (TPSA) is 21.1 Å². The number of hydrogen-bond donors (Lipinski definition) is 0. The van der Waals surface area contributed by atoms with E-state index in [4.69, 9.17) is 4.98 Å². The second-order valence-corrected chi connectivity index (χ2v) is 10.2. The SMILES string of the molecule is CN1B(c2c(C3CCCCC3)cccc2C2CCCCC2)n2ccnc2-c2ccccc21. The van der Waals surface area contributed by atoms with Crippen LogP contribution in [0, 0.1) is 0 Å². The van der Waals surface area contributed by atoms with Gasteiger partial charge in [0.15, 0.2) is 0 Å². The third-order valence-corrected chi connectivity index (χ3v) is 8.35. The van der Waals surface area contributed by atoms with Crippen LogP contribution in [-0.2, 0) is 0 Å². The Morgan fingerprint density at radius 1 is 0.781 bits per heavy atom. The molecule has 0 atom stereocenters. The van der Waals surface area contributed by atoms with Crippen LogP contribution < -0.4 is 10.3 Å². The Labute approximate surface area is 193 Å². The molecule has 4 heteroatoms. The smallest absolute Gasteiger partial charge is 0.394 e. The van der Waals surface area contributed by atoms with Crippen LogP contribution in [0.2, 0.25) is 0 Å². The third-order valence-electron chi connectivity index (χ3n) is 8.35. The van der Waals surface area contributed by atoms with Crippen molar-refractivity contribution in [3.63, 3.8) is 0 Å². The lowest BCUT2D eigenvalue weighted by Crippen LogP contribution is -2.57. The van der Waals surface area contributed by atoms with Gasteiger partial charge in [0.05, 0.1) is 0 Å². The molecule has 0 spiro atoms. The molecule has 3 nitrogen and oxygen atoms in total. The number of hydrogen-bond acceptors (Lipinski definition) is 2. The predicted octanol–water partition coefficient (Wildman–Crippen LogP) is 6.34. The lowest BCUT2D eigenvalue weighted by Gasteiger charge is -2.39. The molecule has 164 valence electrons. The molecule has 2 aromatic carbocycles. The third kappa shape index (κ3) is 3.30. The van der Waals surface area contributed by atoms with Gasteiger partial charge in [0.25, 0.3) is 0 Å². The number of rotatable bonds is 3. The van der Waals surface area contributed by atoms with Crippen molar-refractivity contribution in [3.05, 3.63) is 66.0 Å². The maximum absolute atomic E-state index is 4.83. The molecule has 0 saturated heterocycles. The monoisotopic (exact) mass is 423 g/mol. The van der Waals surface area contributed by atoms with Crippen LogP contribution in [0.25, 0.3) is 11.4 Å². The van der Waals surface area contributed by atoms with E-state index in [0.717, 1.165) is 5.82 Å². The minimum absolute atomic E-state index is 0.178. The number of anilines is 1. The van der Waals surface area contributed by atoms with Gasteiger partial charge in [-0.2, -0.15) is 0 Å². The Kier molecular flexibility index (Phi) is 5.33. The highest BCUT2D eigenvalue weighted by Crippen LogP contribution is 2.39. The van der Waals surface area contributed by atoms with Crippen LogP contribution >= 0.6 is 0 Å². The van der Waals surface area contributed by atoms with E-state index in [1.165, 1.54) is 75.5 Å². The second kappa shape index (κ2) is 8.46. The van der Waals surface area contributed by atoms with Crippen LogP contribution in [0.5, 0.6) is 0 Å². The Balaban J connectivity index is 1.55. The summed E-state index contributed by atoms with van der Waals surface area (Å²) in [6.45, 7) is 0.178. The van der Waals surface area contributed by atoms with E-state index in [1.807, 2.05) is 6.20 Å². The fourth-order valence-electron chi connectivity index (χ4n) is 6.78. The van der Waals surface area contributed by atoms with Crippen molar-refractivity contribution >= 4 is 18.1 Å². The van der Waals surface area contributed by atoms with Gasteiger partial charge in [-0.1, -0.05) is 68.9 Å². The Morgan fingerprint density at radius 2 is 1.41 bits per heavy atom. The van der Waals surface area contributed by atoms with Crippen molar-refractivity contribution in [2.75, 3.05) is 11.9 Å². The molecule has 3 aromatic rings. The van der Waals surface area contributed by atoms with E-state index in [2.05, 4.69) is 65.0 Å². The van der Waals surface area contributed by atoms with E-state index < -0.39 is 0 Å². The largest absolute Gasteiger partial charge is 0.417 e. The van der Waals surface area contributed by atoms with Gasteiger partial charge >= 0.3 is 6.98 Å². The summed E-state index contributed by atoms with van der Waals surface area (Å²) in [7, 11) is 2.29. The lowest BCUT2D eigenvalue weighted by atomic mass is 9.56. The molecule has 0 unspecified atom stereocenters. The van der Waals surface area contributed by atoms with Gasteiger partial charge in [-0.3, -0.25) is 0 Å². The fourth-order valence-corrected chi connectivity index (χ4v) is 6.78. The minimum Gasteiger partial charge on any atom is -0.394 e. The summed E-state index contributed by atoms with van der Waals surface area (Å²) in [4.78, 5) is 7.34. The maximum Gasteiger partial charge on any atom is 0.417 e. The summed E-state index contributed by atoms with van der Waals surface area (Å²) < 4.78 is 2.44. The molecule has 2 saturated carbocycles. The molecule has 1 aliphatic heterocycles. The van der Waals surface area contributed by atoms with Crippen molar-refractivity contribution in [2.45, 2.75) is 76.0 Å². The van der Waals surface area contributed by atoms with Gasteiger partial charge in [0.1, 0.15) is 5.82 Å². The average molecular weight is 423 g/mol. The van der Waals surface area contributed by atoms with Crippen molar-refractivity contribution in [2.24, 2.45) is 0 Å². The van der Waals surface area contributed by atoms with Gasteiger partial charge in [0, 0.05) is 23.6 Å². The number of aromatic nitrogens is 2. The van der Waals surface area contributed by atoms with Crippen LogP contribution in [0.3, 0.4) is 0 Å². The minimum atomic E-state index is 0.178. The molecule has 2 heterocycles. The number of nitrogens with zero attached hydrogens (tertiary/aromatic N) is 3. The highest BCUT2D eigenvalue weighted by molar-refractivity contribution is 6.77. The maximum atomic E-state index is 4.83. The Hall–Kier alpha value is -2.49. The van der Waals surface area contributed by atoms with E-state index in [9.17, 15) is 0 Å². The van der Waals surface area contributed by atoms with Crippen LogP contribution in [0.4, 0.5) is 5.69 Å². The molecule has 1 aromatic heterocycles. The Bertz CT molecular complexity index is 1060. The second-order valence-electron chi connectivity index (χ2n) is 10.2. The lowest BCUT2D eigenvalue weighted by molar-refractivity contribution is 0.438. The first-order valence-electron chi connectivity index (χ1n) is 12.8. The van der Waals surface area contributed by atoms with Crippen LogP contribution in [0.1, 0.15) is 87.2 Å². The molecule has 0 N–H and O–H groups in total. The fraction of sp³-hybridized carbons (Fsp3) is 0.464. The van der Waals surface area contributed by atoms with Crippen LogP contribution in [0.15, 0.2) is 54.9 Å². The van der Waals surface area contributed by atoms with E-state index in [1.54, 1.807) is 16.6 Å². The van der Waals surface area contributed by atoms with Gasteiger partial charge < -0.3 is 9.29 Å². The Morgan fingerprint density at radius 3 is 2.06 bits per heavy atom. The average Bonchev–Trinajstić information content (AvgIpc) is 3.35. The number of imidazole rings is 1. The first-order valence-corrected chi connectivity index (χ1v) is 12.8. The first kappa shape index (κ1) is 20.1. The molecule has 32 heavy (non-hydrogen) atoms. The zero-order valence-corrected chi connectivity index (χ0v) is 19.3. The zero-order valence-electron chi connectivity index (χ0n) is 19.3. The summed E-state index contributed by atoms with van der Waals surface area (Å²) in [6.07, 6.45) is 17.8. The number of para-hydroxylation sites is 1. The van der Waals surface area contributed by atoms with Crippen molar-refractivity contribution in [1.82, 2.24) is 9.46 Å². The number of benzene rings is 2. The van der Waals surface area contributed by atoms with Crippen molar-refractivity contribution in [1.29, 1.82) is 0 Å². The number of fused-ring (bicyclic) bond motifs is 3. The highest BCUT2D eigenvalue weighted by atomic mass is 15.2. The molecule has 3 aliphatic rings. The summed E-state index contributed by atoms with van der Waals surface area (Å²) in [5, 5.41) is 0. The standard InChI is InChI=1S/C28H34BN3/c1-31-26-18-9-8-15-25(26)28-30-19-20-32(28)29(31)27-23(21-11-4-2-5-12-21)16-10-17-24(27)22-13-6-3-7-14-22/h8-10,15-22H,2-7,11-14H2,1H3. The molecule has 0 bridgehead atoms. The highest BCUT2D eigenvalue weighted by Gasteiger charge is 2.39. The molecule has 2 fully saturated rings. The molecule has 6 rings (SSSR count). The first-order chi connectivity index (χ1) is 15.8. The van der Waals surface area contributed by atoms with Crippen LogP contribution in [-0.4, -0.2) is 23.5 Å². The predicted molar refractivity (Wildman–Crippen MR) is 135 cm³/mol.